The molecule has 0 radical (unpaired) electrons. The van der Waals surface area contributed by atoms with Gasteiger partial charge in [0.25, 0.3) is 0 Å². The number of benzene rings is 2. The van der Waals surface area contributed by atoms with Crippen molar-refractivity contribution in [2.45, 2.75) is 44.8 Å². The zero-order valence-electron chi connectivity index (χ0n) is 21.8. The van der Waals surface area contributed by atoms with Gasteiger partial charge in [-0.05, 0) is 40.8 Å². The summed E-state index contributed by atoms with van der Waals surface area (Å²) in [4.78, 5) is 10.8. The van der Waals surface area contributed by atoms with Gasteiger partial charge in [0.15, 0.2) is 11.5 Å². The minimum absolute atomic E-state index is 0.0415. The quantitative estimate of drug-likeness (QED) is 0.281. The van der Waals surface area contributed by atoms with Crippen LogP contribution in [0.25, 0.3) is 17.2 Å². The first kappa shape index (κ1) is 30.2. The first-order chi connectivity index (χ1) is 17.7. The molecule has 0 bridgehead atoms. The van der Waals surface area contributed by atoms with Crippen molar-refractivity contribution in [1.29, 1.82) is 0 Å². The van der Waals surface area contributed by atoms with Gasteiger partial charge in [0.2, 0.25) is 0 Å². The summed E-state index contributed by atoms with van der Waals surface area (Å²) in [6.07, 6.45) is 0.358. The van der Waals surface area contributed by atoms with Crippen LogP contribution in [0.5, 0.6) is 11.5 Å². The minimum Gasteiger partial charge on any atom is -0.492 e. The molecule has 0 spiro atoms. The Kier molecular flexibility index (Phi) is 12.5. The number of hydrogen-bond donors (Lipinski definition) is 3. The lowest BCUT2D eigenvalue weighted by Gasteiger charge is -2.22. The Hall–Kier alpha value is -2.98. The number of halogens is 1. The molecule has 2 aromatic carbocycles. The molecule has 0 fully saturated rings. The molecule has 2 rings (SSSR count). The summed E-state index contributed by atoms with van der Waals surface area (Å²) in [5.41, 5.74) is 2.96. The third-order valence-corrected chi connectivity index (χ3v) is 5.60. The standard InChI is InChI=1S/C28H37FO8/c1-18(2)24-17-25(37-14-13-36-12-11-34-3)28(35-4)27(19-5-7-20(29)8-6-19)23(24)10-9-21(30)15-22(31)16-26(32)33/h5-10,17-18,21-22,30-31H,11-16H2,1-4H3,(H,32,33). The number of carbonyl (C=O) groups is 1. The number of carboxylic acids is 1. The second-order valence-corrected chi connectivity index (χ2v) is 8.81. The Morgan fingerprint density at radius 1 is 1.05 bits per heavy atom. The van der Waals surface area contributed by atoms with Crippen molar-refractivity contribution in [3.8, 4) is 22.6 Å². The molecule has 3 N–H and O–H groups in total. The van der Waals surface area contributed by atoms with Gasteiger partial charge in [-0.15, -0.1) is 0 Å². The summed E-state index contributed by atoms with van der Waals surface area (Å²) in [6, 6.07) is 7.85. The Morgan fingerprint density at radius 2 is 1.73 bits per heavy atom. The highest BCUT2D eigenvalue weighted by Gasteiger charge is 2.22. The average Bonchev–Trinajstić information content (AvgIpc) is 2.84. The van der Waals surface area contributed by atoms with Crippen LogP contribution in [-0.4, -0.2) is 74.1 Å². The fourth-order valence-corrected chi connectivity index (χ4v) is 3.85. The molecular weight excluding hydrogens is 483 g/mol. The largest absolute Gasteiger partial charge is 0.492 e. The smallest absolute Gasteiger partial charge is 0.305 e. The normalized spacial score (nSPS) is 13.2. The van der Waals surface area contributed by atoms with Crippen molar-refractivity contribution in [2.24, 2.45) is 0 Å². The van der Waals surface area contributed by atoms with E-state index in [0.717, 1.165) is 11.1 Å². The van der Waals surface area contributed by atoms with Gasteiger partial charge < -0.3 is 34.3 Å². The lowest BCUT2D eigenvalue weighted by Crippen LogP contribution is -2.19. The van der Waals surface area contributed by atoms with Crippen molar-refractivity contribution < 1.29 is 43.5 Å². The molecule has 0 aromatic heterocycles. The molecule has 2 unspecified atom stereocenters. The molecule has 0 heterocycles. The van der Waals surface area contributed by atoms with E-state index in [4.69, 9.17) is 24.1 Å². The second-order valence-electron chi connectivity index (χ2n) is 8.81. The number of carboxylic acid groups (broad SMARTS) is 1. The van der Waals surface area contributed by atoms with Crippen LogP contribution in [0.3, 0.4) is 0 Å². The molecule has 0 saturated heterocycles. The van der Waals surface area contributed by atoms with E-state index >= 15 is 0 Å². The van der Waals surface area contributed by atoms with Gasteiger partial charge in [-0.3, -0.25) is 4.79 Å². The average molecular weight is 521 g/mol. The highest BCUT2D eigenvalue weighted by Crippen LogP contribution is 2.45. The summed E-state index contributed by atoms with van der Waals surface area (Å²) in [6.45, 7) is 5.58. The molecule has 0 aliphatic carbocycles. The van der Waals surface area contributed by atoms with E-state index in [1.807, 2.05) is 19.9 Å². The summed E-state index contributed by atoms with van der Waals surface area (Å²) in [5.74, 6) is -0.552. The van der Waals surface area contributed by atoms with E-state index in [-0.39, 0.29) is 24.8 Å². The Labute approximate surface area is 217 Å². The second kappa shape index (κ2) is 15.3. The maximum atomic E-state index is 13.7. The van der Waals surface area contributed by atoms with E-state index in [1.54, 1.807) is 25.3 Å². The first-order valence-electron chi connectivity index (χ1n) is 12.1. The fraction of sp³-hybridized carbons (Fsp3) is 0.464. The predicted molar refractivity (Wildman–Crippen MR) is 139 cm³/mol. The van der Waals surface area contributed by atoms with Crippen LogP contribution >= 0.6 is 0 Å². The highest BCUT2D eigenvalue weighted by molar-refractivity contribution is 5.85. The van der Waals surface area contributed by atoms with Gasteiger partial charge in [-0.25, -0.2) is 4.39 Å². The van der Waals surface area contributed by atoms with Crippen molar-refractivity contribution in [2.75, 3.05) is 40.6 Å². The van der Waals surface area contributed by atoms with Crippen LogP contribution in [0.15, 0.2) is 36.4 Å². The van der Waals surface area contributed by atoms with Gasteiger partial charge in [-0.2, -0.15) is 0 Å². The minimum atomic E-state index is -1.19. The van der Waals surface area contributed by atoms with Crippen LogP contribution in [0.1, 0.15) is 43.7 Å². The molecule has 2 aromatic rings. The van der Waals surface area contributed by atoms with Crippen molar-refractivity contribution >= 4 is 12.0 Å². The SMILES string of the molecule is COCCOCCOc1cc(C(C)C)c(C=CC(O)CC(O)CC(=O)O)c(-c2ccc(F)cc2)c1OC. The molecule has 9 heteroatoms. The summed E-state index contributed by atoms with van der Waals surface area (Å²) >= 11 is 0. The topological polar surface area (TPSA) is 115 Å². The number of rotatable bonds is 16. The third kappa shape index (κ3) is 9.44. The highest BCUT2D eigenvalue weighted by atomic mass is 19.1. The molecule has 0 amide bonds. The van der Waals surface area contributed by atoms with Crippen LogP contribution < -0.4 is 9.47 Å². The Balaban J connectivity index is 2.51. The third-order valence-electron chi connectivity index (χ3n) is 5.60. The van der Waals surface area contributed by atoms with Gasteiger partial charge >= 0.3 is 5.97 Å². The number of hydrogen-bond acceptors (Lipinski definition) is 7. The van der Waals surface area contributed by atoms with Gasteiger partial charge in [-0.1, -0.05) is 38.1 Å². The van der Waals surface area contributed by atoms with Gasteiger partial charge in [0, 0.05) is 19.1 Å². The Bertz CT molecular complexity index is 1020. The zero-order valence-corrected chi connectivity index (χ0v) is 21.8. The van der Waals surface area contributed by atoms with Crippen LogP contribution in [0.2, 0.25) is 0 Å². The molecule has 0 aliphatic rings. The molecule has 0 saturated carbocycles. The fourth-order valence-electron chi connectivity index (χ4n) is 3.85. The molecule has 2 atom stereocenters. The van der Waals surface area contributed by atoms with E-state index in [2.05, 4.69) is 0 Å². The maximum Gasteiger partial charge on any atom is 0.305 e. The van der Waals surface area contributed by atoms with Gasteiger partial charge in [0.1, 0.15) is 12.4 Å². The molecule has 8 nitrogen and oxygen atoms in total. The molecule has 0 aliphatic heterocycles. The van der Waals surface area contributed by atoms with E-state index in [9.17, 15) is 19.4 Å². The molecule has 37 heavy (non-hydrogen) atoms. The van der Waals surface area contributed by atoms with Gasteiger partial charge in [0.05, 0.1) is 45.6 Å². The lowest BCUT2D eigenvalue weighted by molar-refractivity contribution is -0.139. The summed E-state index contributed by atoms with van der Waals surface area (Å²) in [5, 5.41) is 29.2. The van der Waals surface area contributed by atoms with Crippen molar-refractivity contribution in [3.05, 3.63) is 53.4 Å². The van der Waals surface area contributed by atoms with E-state index in [0.29, 0.717) is 42.4 Å². The number of aliphatic carboxylic acids is 1. The predicted octanol–water partition coefficient (Wildman–Crippen LogP) is 4.27. The maximum absolute atomic E-state index is 13.7. The van der Waals surface area contributed by atoms with Crippen LogP contribution in [0, 0.1) is 5.82 Å². The zero-order chi connectivity index (χ0) is 27.4. The monoisotopic (exact) mass is 520 g/mol. The van der Waals surface area contributed by atoms with E-state index in [1.165, 1.54) is 25.3 Å². The number of ether oxygens (including phenoxy) is 4. The van der Waals surface area contributed by atoms with E-state index < -0.39 is 24.6 Å². The summed E-state index contributed by atoms with van der Waals surface area (Å²) < 4.78 is 36.0. The molecule has 204 valence electrons. The van der Waals surface area contributed by atoms with Crippen molar-refractivity contribution in [3.63, 3.8) is 0 Å². The Morgan fingerprint density at radius 3 is 2.32 bits per heavy atom. The number of aliphatic hydroxyl groups is 2. The summed E-state index contributed by atoms with van der Waals surface area (Å²) in [7, 11) is 3.12. The lowest BCUT2D eigenvalue weighted by atomic mass is 9.88. The van der Waals surface area contributed by atoms with Crippen molar-refractivity contribution in [1.82, 2.24) is 0 Å². The van der Waals surface area contributed by atoms with Crippen LogP contribution in [0.4, 0.5) is 4.39 Å². The first-order valence-corrected chi connectivity index (χ1v) is 12.1. The number of methoxy groups -OCH3 is 2. The number of aliphatic hydroxyl groups excluding tert-OH is 2. The van der Waals surface area contributed by atoms with Crippen LogP contribution in [-0.2, 0) is 14.3 Å². The molecular formula is C28H37FO8.